The SMILES string of the molecule is CC(C)SSc1ccc(CC(C)(C)C)cc1. The Bertz CT molecular complexity index is 307. The topological polar surface area (TPSA) is 0 Å². The molecule has 0 unspecified atom stereocenters. The van der Waals surface area contributed by atoms with Crippen molar-refractivity contribution < 1.29 is 0 Å². The molecule has 2 heteroatoms. The van der Waals surface area contributed by atoms with Gasteiger partial charge in [-0.15, -0.1) is 0 Å². The van der Waals surface area contributed by atoms with E-state index < -0.39 is 0 Å². The highest BCUT2D eigenvalue weighted by Gasteiger charge is 2.10. The molecule has 1 rings (SSSR count). The summed E-state index contributed by atoms with van der Waals surface area (Å²) in [6, 6.07) is 8.99. The maximum Gasteiger partial charge on any atom is 0.0183 e. The van der Waals surface area contributed by atoms with E-state index in [-0.39, 0.29) is 0 Å². The van der Waals surface area contributed by atoms with Crippen LogP contribution in [0.1, 0.15) is 40.2 Å². The summed E-state index contributed by atoms with van der Waals surface area (Å²) >= 11 is 0. The Morgan fingerprint density at radius 1 is 1.06 bits per heavy atom. The molecule has 0 saturated heterocycles. The minimum atomic E-state index is 0.376. The van der Waals surface area contributed by atoms with E-state index in [4.69, 9.17) is 0 Å². The van der Waals surface area contributed by atoms with Crippen LogP contribution in [0.5, 0.6) is 0 Å². The van der Waals surface area contributed by atoms with Gasteiger partial charge in [0.15, 0.2) is 0 Å². The van der Waals surface area contributed by atoms with Crippen molar-refractivity contribution in [2.45, 2.75) is 51.2 Å². The van der Waals surface area contributed by atoms with Crippen molar-refractivity contribution in [3.63, 3.8) is 0 Å². The molecule has 0 aliphatic rings. The lowest BCUT2D eigenvalue weighted by Crippen LogP contribution is -2.08. The van der Waals surface area contributed by atoms with E-state index in [1.54, 1.807) is 0 Å². The van der Waals surface area contributed by atoms with Crippen molar-refractivity contribution in [1.82, 2.24) is 0 Å². The first kappa shape index (κ1) is 14.0. The number of hydrogen-bond donors (Lipinski definition) is 0. The predicted molar refractivity (Wildman–Crippen MR) is 78.2 cm³/mol. The van der Waals surface area contributed by atoms with Gasteiger partial charge in [-0.1, -0.05) is 68.3 Å². The highest BCUT2D eigenvalue weighted by atomic mass is 33.1. The Morgan fingerprint density at radius 2 is 1.62 bits per heavy atom. The third-order valence-electron chi connectivity index (χ3n) is 1.99. The predicted octanol–water partition coefficient (Wildman–Crippen LogP) is 5.42. The van der Waals surface area contributed by atoms with Crippen LogP contribution in [0, 0.1) is 5.41 Å². The molecule has 0 aromatic heterocycles. The Balaban J connectivity index is 2.54. The van der Waals surface area contributed by atoms with E-state index in [0.717, 1.165) is 6.42 Å². The molecule has 1 aromatic rings. The molecule has 0 aliphatic heterocycles. The van der Waals surface area contributed by atoms with Crippen LogP contribution in [0.4, 0.5) is 0 Å². The average molecular weight is 254 g/mol. The molecule has 0 spiro atoms. The van der Waals surface area contributed by atoms with Crippen LogP contribution in [-0.2, 0) is 6.42 Å². The Kier molecular flexibility index (Phi) is 5.26. The first-order valence-corrected chi connectivity index (χ1v) is 8.00. The molecular formula is C14H22S2. The lowest BCUT2D eigenvalue weighted by Gasteiger charge is -2.18. The van der Waals surface area contributed by atoms with E-state index in [9.17, 15) is 0 Å². The summed E-state index contributed by atoms with van der Waals surface area (Å²) < 4.78 is 0. The van der Waals surface area contributed by atoms with Crippen LogP contribution < -0.4 is 0 Å². The van der Waals surface area contributed by atoms with Gasteiger partial charge < -0.3 is 0 Å². The molecule has 0 bridgehead atoms. The van der Waals surface area contributed by atoms with Gasteiger partial charge in [-0.05, 0) is 29.5 Å². The monoisotopic (exact) mass is 254 g/mol. The Hall–Kier alpha value is -0.0800. The summed E-state index contributed by atoms with van der Waals surface area (Å²) in [6.45, 7) is 11.3. The normalized spacial score (nSPS) is 12.1. The fourth-order valence-electron chi connectivity index (χ4n) is 1.43. The number of hydrogen-bond acceptors (Lipinski definition) is 2. The lowest BCUT2D eigenvalue weighted by atomic mass is 9.88. The molecule has 16 heavy (non-hydrogen) atoms. The van der Waals surface area contributed by atoms with E-state index in [1.807, 2.05) is 21.6 Å². The molecular weight excluding hydrogens is 232 g/mol. The van der Waals surface area contributed by atoms with Gasteiger partial charge in [-0.25, -0.2) is 0 Å². The quantitative estimate of drug-likeness (QED) is 0.658. The zero-order chi connectivity index (χ0) is 12.2. The second-order valence-corrected chi connectivity index (χ2v) is 8.46. The largest absolute Gasteiger partial charge is 0.0861 e. The molecule has 0 nitrogen and oxygen atoms in total. The second kappa shape index (κ2) is 6.02. The van der Waals surface area contributed by atoms with Crippen molar-refractivity contribution in [2.24, 2.45) is 5.41 Å². The standard InChI is InChI=1S/C14H22S2/c1-11(2)15-16-13-8-6-12(7-9-13)10-14(3,4)5/h6-9,11H,10H2,1-5H3. The van der Waals surface area contributed by atoms with Crippen molar-refractivity contribution in [2.75, 3.05) is 0 Å². The van der Waals surface area contributed by atoms with E-state index in [1.165, 1.54) is 10.5 Å². The minimum Gasteiger partial charge on any atom is -0.0861 e. The van der Waals surface area contributed by atoms with Crippen LogP contribution in [0.2, 0.25) is 0 Å². The van der Waals surface area contributed by atoms with Gasteiger partial charge >= 0.3 is 0 Å². The summed E-state index contributed by atoms with van der Waals surface area (Å²) in [5.41, 5.74) is 1.81. The van der Waals surface area contributed by atoms with Crippen molar-refractivity contribution >= 4 is 21.6 Å². The summed E-state index contributed by atoms with van der Waals surface area (Å²) in [5.74, 6) is 0. The first-order chi connectivity index (χ1) is 7.37. The van der Waals surface area contributed by atoms with Gasteiger partial charge in [-0.3, -0.25) is 0 Å². The maximum atomic E-state index is 2.28. The van der Waals surface area contributed by atoms with Gasteiger partial charge in [0.1, 0.15) is 0 Å². The van der Waals surface area contributed by atoms with Crippen LogP contribution in [-0.4, -0.2) is 5.25 Å². The van der Waals surface area contributed by atoms with Crippen LogP contribution in [0.15, 0.2) is 29.2 Å². The molecule has 0 aliphatic carbocycles. The number of rotatable bonds is 4. The third-order valence-corrected chi connectivity index (χ3v) is 4.96. The highest BCUT2D eigenvalue weighted by Crippen LogP contribution is 2.34. The molecule has 0 N–H and O–H groups in total. The maximum absolute atomic E-state index is 2.28. The zero-order valence-electron chi connectivity index (χ0n) is 10.9. The number of benzene rings is 1. The van der Waals surface area contributed by atoms with Crippen molar-refractivity contribution in [3.05, 3.63) is 29.8 Å². The van der Waals surface area contributed by atoms with Crippen LogP contribution in [0.25, 0.3) is 0 Å². The van der Waals surface area contributed by atoms with E-state index in [0.29, 0.717) is 10.7 Å². The summed E-state index contributed by atoms with van der Waals surface area (Å²) in [7, 11) is 3.79. The van der Waals surface area contributed by atoms with E-state index >= 15 is 0 Å². The fourth-order valence-corrected chi connectivity index (χ4v) is 3.22. The highest BCUT2D eigenvalue weighted by molar-refractivity contribution is 8.76. The molecule has 0 fully saturated rings. The molecule has 0 amide bonds. The van der Waals surface area contributed by atoms with Crippen LogP contribution in [0.3, 0.4) is 0 Å². The minimum absolute atomic E-state index is 0.376. The Morgan fingerprint density at radius 3 is 2.06 bits per heavy atom. The molecule has 1 aromatic carbocycles. The van der Waals surface area contributed by atoms with Gasteiger partial charge in [0.05, 0.1) is 0 Å². The first-order valence-electron chi connectivity index (χ1n) is 5.79. The lowest BCUT2D eigenvalue weighted by molar-refractivity contribution is 0.411. The smallest absolute Gasteiger partial charge is 0.0183 e. The molecule has 90 valence electrons. The average Bonchev–Trinajstić information content (AvgIpc) is 2.14. The molecule has 0 radical (unpaired) electrons. The summed E-state index contributed by atoms with van der Waals surface area (Å²) in [5, 5.41) is 0.680. The summed E-state index contributed by atoms with van der Waals surface area (Å²) in [6.07, 6.45) is 1.15. The van der Waals surface area contributed by atoms with Crippen LogP contribution >= 0.6 is 21.6 Å². The summed E-state index contributed by atoms with van der Waals surface area (Å²) in [4.78, 5) is 1.36. The fraction of sp³-hybridized carbons (Fsp3) is 0.571. The van der Waals surface area contributed by atoms with Crippen molar-refractivity contribution in [3.8, 4) is 0 Å². The van der Waals surface area contributed by atoms with Gasteiger partial charge in [-0.2, -0.15) is 0 Å². The molecule has 0 saturated carbocycles. The Labute approximate surface area is 108 Å². The molecule has 0 atom stereocenters. The third kappa shape index (κ3) is 5.86. The molecule has 0 heterocycles. The second-order valence-electron chi connectivity index (χ2n) is 5.61. The van der Waals surface area contributed by atoms with Crippen molar-refractivity contribution in [1.29, 1.82) is 0 Å². The zero-order valence-corrected chi connectivity index (χ0v) is 12.5. The van der Waals surface area contributed by atoms with Gasteiger partial charge in [0.2, 0.25) is 0 Å². The van der Waals surface area contributed by atoms with E-state index in [2.05, 4.69) is 58.9 Å². The van der Waals surface area contributed by atoms with Gasteiger partial charge in [0, 0.05) is 10.1 Å². The van der Waals surface area contributed by atoms with Gasteiger partial charge in [0.25, 0.3) is 0 Å².